The predicted molar refractivity (Wildman–Crippen MR) is 107 cm³/mol. The highest BCUT2D eigenvalue weighted by molar-refractivity contribution is 7.96. The number of hydrogen-bond donors (Lipinski definition) is 1. The maximum absolute atomic E-state index is 13.4. The van der Waals surface area contributed by atoms with E-state index < -0.39 is 31.0 Å². The molecule has 0 aromatic heterocycles. The summed E-state index contributed by atoms with van der Waals surface area (Å²) in [5, 5.41) is 2.52. The molecule has 5 nitrogen and oxygen atoms in total. The number of nitrogens with one attached hydrogen (secondary N) is 1. The van der Waals surface area contributed by atoms with Gasteiger partial charge in [0, 0.05) is 12.1 Å². The maximum Gasteiger partial charge on any atom is 0.183 e. The van der Waals surface area contributed by atoms with Crippen molar-refractivity contribution in [1.82, 2.24) is 5.32 Å². The molecule has 0 amide bonds. The highest BCUT2D eigenvalue weighted by Crippen LogP contribution is 2.30. The predicted octanol–water partition coefficient (Wildman–Crippen LogP) is 2.43. The Hall–Kier alpha value is -0.920. The number of benzene rings is 1. The van der Waals surface area contributed by atoms with Gasteiger partial charge in [-0.05, 0) is 61.8 Å². The van der Waals surface area contributed by atoms with Gasteiger partial charge in [-0.25, -0.2) is 16.8 Å². The first-order valence-electron chi connectivity index (χ1n) is 10.2. The van der Waals surface area contributed by atoms with Gasteiger partial charge in [-0.2, -0.15) is 0 Å². The first-order valence-corrected chi connectivity index (χ1v) is 13.5. The Balaban J connectivity index is 1.61. The largest absolute Gasteiger partial charge is 0.309 e. The van der Waals surface area contributed by atoms with Crippen LogP contribution >= 0.6 is 0 Å². The molecule has 2 aliphatic carbocycles. The highest BCUT2D eigenvalue weighted by atomic mass is 32.2. The third-order valence-electron chi connectivity index (χ3n) is 6.40. The minimum absolute atomic E-state index is 0.0711. The number of aryl methyl sites for hydroxylation is 2. The van der Waals surface area contributed by atoms with Crippen molar-refractivity contribution in [3.8, 4) is 0 Å². The van der Waals surface area contributed by atoms with Gasteiger partial charge < -0.3 is 5.32 Å². The van der Waals surface area contributed by atoms with Crippen molar-refractivity contribution >= 4 is 19.7 Å². The van der Waals surface area contributed by atoms with E-state index in [9.17, 15) is 16.8 Å². The van der Waals surface area contributed by atoms with E-state index in [1.807, 2.05) is 6.07 Å². The second-order valence-corrected chi connectivity index (χ2v) is 12.7. The fourth-order valence-corrected chi connectivity index (χ4v) is 9.64. The molecule has 0 bridgehead atoms. The molecule has 1 aromatic rings. The molecule has 2 atom stereocenters. The summed E-state index contributed by atoms with van der Waals surface area (Å²) in [7, 11) is -7.03. The number of sulfone groups is 2. The van der Waals surface area contributed by atoms with Crippen molar-refractivity contribution in [3.05, 3.63) is 29.3 Å². The van der Waals surface area contributed by atoms with E-state index in [1.54, 1.807) is 12.1 Å². The Morgan fingerprint density at radius 1 is 0.889 bits per heavy atom. The van der Waals surface area contributed by atoms with E-state index in [4.69, 9.17) is 0 Å². The Morgan fingerprint density at radius 3 is 2.33 bits per heavy atom. The summed E-state index contributed by atoms with van der Waals surface area (Å²) in [6.07, 6.45) is 9.60. The van der Waals surface area contributed by atoms with E-state index >= 15 is 0 Å². The van der Waals surface area contributed by atoms with Crippen molar-refractivity contribution in [2.24, 2.45) is 0 Å². The molecule has 2 fully saturated rings. The first-order chi connectivity index (χ1) is 12.9. The summed E-state index contributed by atoms with van der Waals surface area (Å²) in [4.78, 5) is 0.292. The summed E-state index contributed by atoms with van der Waals surface area (Å²) in [5.41, 5.74) is 2.34. The second kappa shape index (κ2) is 7.48. The van der Waals surface area contributed by atoms with Crippen LogP contribution in [0.3, 0.4) is 0 Å². The molecule has 1 aromatic carbocycles. The van der Waals surface area contributed by atoms with Crippen LogP contribution in [0.5, 0.6) is 0 Å². The zero-order valence-corrected chi connectivity index (χ0v) is 17.3. The zero-order valence-electron chi connectivity index (χ0n) is 15.7. The van der Waals surface area contributed by atoms with Crippen LogP contribution in [-0.4, -0.2) is 45.7 Å². The lowest BCUT2D eigenvalue weighted by Gasteiger charge is -2.29. The summed E-state index contributed by atoms with van der Waals surface area (Å²) >= 11 is 0. The third kappa shape index (κ3) is 4.10. The van der Waals surface area contributed by atoms with Crippen molar-refractivity contribution in [3.63, 3.8) is 0 Å². The number of hydrogen-bond acceptors (Lipinski definition) is 5. The molecule has 4 rings (SSSR count). The average Bonchev–Trinajstić information content (AvgIpc) is 2.97. The van der Waals surface area contributed by atoms with E-state index in [-0.39, 0.29) is 17.5 Å². The van der Waals surface area contributed by atoms with Gasteiger partial charge in [0.25, 0.3) is 0 Å². The van der Waals surface area contributed by atoms with Crippen LogP contribution in [0, 0.1) is 0 Å². The highest BCUT2D eigenvalue weighted by Gasteiger charge is 2.46. The molecule has 1 N–H and O–H groups in total. The van der Waals surface area contributed by atoms with Crippen molar-refractivity contribution in [2.75, 3.05) is 11.5 Å². The average molecular weight is 412 g/mol. The fraction of sp³-hybridized carbons (Fsp3) is 0.700. The van der Waals surface area contributed by atoms with Crippen LogP contribution < -0.4 is 5.32 Å². The molecule has 150 valence electrons. The minimum Gasteiger partial charge on any atom is -0.309 e. The lowest BCUT2D eigenvalue weighted by atomic mass is 9.92. The molecule has 7 heteroatoms. The van der Waals surface area contributed by atoms with Gasteiger partial charge in [0.1, 0.15) is 0 Å². The smallest absolute Gasteiger partial charge is 0.183 e. The van der Waals surface area contributed by atoms with E-state index in [0.717, 1.165) is 56.9 Å². The summed E-state index contributed by atoms with van der Waals surface area (Å²) in [6, 6.07) is 5.14. The second-order valence-electron chi connectivity index (χ2n) is 8.41. The Kier molecular flexibility index (Phi) is 5.38. The molecule has 1 aliphatic heterocycles. The lowest BCUT2D eigenvalue weighted by Crippen LogP contribution is -2.48. The molecule has 27 heavy (non-hydrogen) atoms. The fourth-order valence-electron chi connectivity index (χ4n) is 4.91. The molecule has 3 aliphatic rings. The van der Waals surface area contributed by atoms with Crippen LogP contribution in [0.25, 0.3) is 0 Å². The van der Waals surface area contributed by atoms with Gasteiger partial charge in [0.05, 0.1) is 21.7 Å². The summed E-state index contributed by atoms with van der Waals surface area (Å²) < 4.78 is 51.3. The molecule has 1 saturated heterocycles. The molecular weight excluding hydrogens is 382 g/mol. The molecule has 1 heterocycles. The van der Waals surface area contributed by atoms with Crippen LogP contribution in [0.2, 0.25) is 0 Å². The Labute approximate surface area is 162 Å². The first kappa shape index (κ1) is 19.4. The quantitative estimate of drug-likeness (QED) is 0.823. The number of rotatable bonds is 4. The Morgan fingerprint density at radius 2 is 1.59 bits per heavy atom. The normalized spacial score (nSPS) is 28.7. The minimum atomic E-state index is -3.68. The molecule has 0 radical (unpaired) electrons. The van der Waals surface area contributed by atoms with Crippen molar-refractivity contribution in [1.29, 1.82) is 0 Å². The SMILES string of the molecule is O=S1(=O)C[C@H](NC2CCCCC2)[C@@H](S(=O)(=O)c2ccc3c(c2)CCCC3)C1. The topological polar surface area (TPSA) is 80.3 Å². The molecule has 0 spiro atoms. The summed E-state index contributed by atoms with van der Waals surface area (Å²) in [5.74, 6) is -0.338. The van der Waals surface area contributed by atoms with Crippen LogP contribution in [0.15, 0.2) is 23.1 Å². The lowest BCUT2D eigenvalue weighted by molar-refractivity contribution is 0.345. The van der Waals surface area contributed by atoms with E-state index in [0.29, 0.717) is 4.90 Å². The van der Waals surface area contributed by atoms with Gasteiger partial charge in [0.2, 0.25) is 0 Å². The van der Waals surface area contributed by atoms with Crippen molar-refractivity contribution in [2.45, 2.75) is 80.0 Å². The summed E-state index contributed by atoms with van der Waals surface area (Å²) in [6.45, 7) is 0. The van der Waals surface area contributed by atoms with Crippen LogP contribution in [-0.2, 0) is 32.5 Å². The van der Waals surface area contributed by atoms with Gasteiger partial charge >= 0.3 is 0 Å². The van der Waals surface area contributed by atoms with Gasteiger partial charge in [0.15, 0.2) is 19.7 Å². The van der Waals surface area contributed by atoms with E-state index in [1.165, 1.54) is 12.0 Å². The molecular formula is C20H29NO4S2. The van der Waals surface area contributed by atoms with Crippen LogP contribution in [0.4, 0.5) is 0 Å². The van der Waals surface area contributed by atoms with Crippen LogP contribution in [0.1, 0.15) is 56.1 Å². The molecule has 1 saturated carbocycles. The maximum atomic E-state index is 13.4. The van der Waals surface area contributed by atoms with Crippen molar-refractivity contribution < 1.29 is 16.8 Å². The van der Waals surface area contributed by atoms with Gasteiger partial charge in [-0.1, -0.05) is 25.3 Å². The standard InChI is InChI=1S/C20H29NO4S2/c22-26(23)13-19(21-17-8-2-1-3-9-17)20(14-26)27(24,25)18-11-10-15-6-4-5-7-16(15)12-18/h10-12,17,19-21H,1-9,13-14H2/t19-,20-/m0/s1. The zero-order chi connectivity index (χ0) is 19.1. The molecule has 0 unspecified atom stereocenters. The van der Waals surface area contributed by atoms with E-state index in [2.05, 4.69) is 5.32 Å². The Bertz CT molecular complexity index is 902. The van der Waals surface area contributed by atoms with Gasteiger partial charge in [-0.15, -0.1) is 0 Å². The number of fused-ring (bicyclic) bond motifs is 1. The monoisotopic (exact) mass is 411 g/mol. The van der Waals surface area contributed by atoms with Gasteiger partial charge in [-0.3, -0.25) is 0 Å². The third-order valence-corrected chi connectivity index (χ3v) is 10.6.